The third kappa shape index (κ3) is 5.94. The molecule has 2 fully saturated rings. The Bertz CT molecular complexity index is 564. The van der Waals surface area contributed by atoms with Gasteiger partial charge in [-0.05, 0) is 69.1 Å². The first-order chi connectivity index (χ1) is 13.2. The number of urea groups is 1. The summed E-state index contributed by atoms with van der Waals surface area (Å²) in [5.41, 5.74) is 1.18. The van der Waals surface area contributed by atoms with Crippen molar-refractivity contribution in [1.29, 1.82) is 0 Å². The van der Waals surface area contributed by atoms with Crippen molar-refractivity contribution in [3.05, 3.63) is 35.9 Å². The monoisotopic (exact) mass is 373 g/mol. The standard InChI is InChI=1S/C22H35N3O2/c1-2-24-12-8-19(9-13-24)17-23-22(27)25-14-10-20(11-15-25)21(26)16-18-6-4-3-5-7-18/h3-7,19-21,26H,2,8-17H2,1H3,(H,23,27)/t21-/m1/s1. The number of nitrogens with one attached hydrogen (secondary N) is 1. The van der Waals surface area contributed by atoms with Gasteiger partial charge in [-0.2, -0.15) is 0 Å². The Kier molecular flexibility index (Phi) is 7.53. The van der Waals surface area contributed by atoms with E-state index in [1.54, 1.807) is 0 Å². The Labute approximate surface area is 163 Å². The Balaban J connectivity index is 1.35. The van der Waals surface area contributed by atoms with E-state index in [0.717, 1.165) is 52.1 Å². The van der Waals surface area contributed by atoms with Crippen molar-refractivity contribution in [2.45, 2.75) is 45.1 Å². The quantitative estimate of drug-likeness (QED) is 0.806. The molecule has 0 bridgehead atoms. The van der Waals surface area contributed by atoms with Gasteiger partial charge in [-0.1, -0.05) is 37.3 Å². The van der Waals surface area contributed by atoms with E-state index in [-0.39, 0.29) is 18.1 Å². The van der Waals surface area contributed by atoms with Crippen LogP contribution < -0.4 is 5.32 Å². The van der Waals surface area contributed by atoms with Crippen molar-refractivity contribution >= 4 is 6.03 Å². The predicted molar refractivity (Wildman–Crippen MR) is 109 cm³/mol. The summed E-state index contributed by atoms with van der Waals surface area (Å²) in [6.07, 6.45) is 4.52. The van der Waals surface area contributed by atoms with E-state index >= 15 is 0 Å². The van der Waals surface area contributed by atoms with Gasteiger partial charge in [0.1, 0.15) is 0 Å². The van der Waals surface area contributed by atoms with E-state index in [9.17, 15) is 9.90 Å². The van der Waals surface area contributed by atoms with Crippen molar-refractivity contribution in [2.75, 3.05) is 39.3 Å². The number of hydrogen-bond acceptors (Lipinski definition) is 3. The van der Waals surface area contributed by atoms with E-state index in [4.69, 9.17) is 0 Å². The zero-order chi connectivity index (χ0) is 19.1. The minimum Gasteiger partial charge on any atom is -0.392 e. The lowest BCUT2D eigenvalue weighted by Gasteiger charge is -2.35. The molecular formula is C22H35N3O2. The fourth-order valence-corrected chi connectivity index (χ4v) is 4.36. The van der Waals surface area contributed by atoms with Crippen molar-refractivity contribution in [1.82, 2.24) is 15.1 Å². The first kappa shape index (κ1) is 20.2. The van der Waals surface area contributed by atoms with Gasteiger partial charge in [-0.25, -0.2) is 4.79 Å². The Morgan fingerprint density at radius 1 is 1.11 bits per heavy atom. The maximum atomic E-state index is 12.5. The van der Waals surface area contributed by atoms with Crippen LogP contribution in [0.4, 0.5) is 4.79 Å². The van der Waals surface area contributed by atoms with Gasteiger partial charge in [0.25, 0.3) is 0 Å². The minimum absolute atomic E-state index is 0.0731. The summed E-state index contributed by atoms with van der Waals surface area (Å²) in [6.45, 7) is 7.94. The fraction of sp³-hybridized carbons (Fsp3) is 0.682. The highest BCUT2D eigenvalue weighted by Crippen LogP contribution is 2.23. The lowest BCUT2D eigenvalue weighted by Crippen LogP contribution is -2.48. The number of rotatable bonds is 6. The first-order valence-electron chi connectivity index (χ1n) is 10.6. The molecule has 0 aromatic heterocycles. The van der Waals surface area contributed by atoms with Crippen LogP contribution in [0.25, 0.3) is 0 Å². The largest absolute Gasteiger partial charge is 0.392 e. The summed E-state index contributed by atoms with van der Waals surface area (Å²) in [5, 5.41) is 13.7. The smallest absolute Gasteiger partial charge is 0.317 e. The summed E-state index contributed by atoms with van der Waals surface area (Å²) in [7, 11) is 0. The fourth-order valence-electron chi connectivity index (χ4n) is 4.36. The van der Waals surface area contributed by atoms with E-state index in [2.05, 4.69) is 29.3 Å². The van der Waals surface area contributed by atoms with Crippen LogP contribution in [0.1, 0.15) is 38.2 Å². The second-order valence-corrected chi connectivity index (χ2v) is 8.15. The van der Waals surface area contributed by atoms with Crippen LogP contribution in [0.15, 0.2) is 30.3 Å². The number of benzene rings is 1. The van der Waals surface area contributed by atoms with E-state index < -0.39 is 0 Å². The summed E-state index contributed by atoms with van der Waals surface area (Å²) in [4.78, 5) is 16.9. The highest BCUT2D eigenvalue weighted by atomic mass is 16.3. The highest BCUT2D eigenvalue weighted by Gasteiger charge is 2.28. The molecule has 1 aromatic carbocycles. The van der Waals surface area contributed by atoms with Gasteiger partial charge in [0.05, 0.1) is 6.10 Å². The van der Waals surface area contributed by atoms with Crippen LogP contribution in [-0.2, 0) is 6.42 Å². The Hall–Kier alpha value is -1.59. The van der Waals surface area contributed by atoms with Crippen molar-refractivity contribution < 1.29 is 9.90 Å². The van der Waals surface area contributed by atoms with Gasteiger partial charge in [-0.15, -0.1) is 0 Å². The molecule has 5 heteroatoms. The third-order valence-electron chi connectivity index (χ3n) is 6.35. The average molecular weight is 374 g/mol. The van der Waals surface area contributed by atoms with Crippen LogP contribution in [0.2, 0.25) is 0 Å². The van der Waals surface area contributed by atoms with Crippen LogP contribution in [0.3, 0.4) is 0 Å². The van der Waals surface area contributed by atoms with E-state index in [0.29, 0.717) is 12.3 Å². The molecule has 0 unspecified atom stereocenters. The van der Waals surface area contributed by atoms with Crippen LogP contribution in [0.5, 0.6) is 0 Å². The third-order valence-corrected chi connectivity index (χ3v) is 6.35. The predicted octanol–water partition coefficient (Wildman–Crippen LogP) is 2.74. The van der Waals surface area contributed by atoms with Crippen molar-refractivity contribution in [3.8, 4) is 0 Å². The Morgan fingerprint density at radius 3 is 2.41 bits per heavy atom. The van der Waals surface area contributed by atoms with Gasteiger partial charge >= 0.3 is 6.03 Å². The zero-order valence-corrected chi connectivity index (χ0v) is 16.6. The second-order valence-electron chi connectivity index (χ2n) is 8.15. The minimum atomic E-state index is -0.318. The summed E-state index contributed by atoms with van der Waals surface area (Å²) in [6, 6.07) is 10.2. The number of aliphatic hydroxyl groups is 1. The average Bonchev–Trinajstić information content (AvgIpc) is 2.73. The number of carbonyl (C=O) groups is 1. The zero-order valence-electron chi connectivity index (χ0n) is 16.6. The molecule has 0 aliphatic carbocycles. The van der Waals surface area contributed by atoms with Crippen LogP contribution in [-0.4, -0.2) is 66.3 Å². The summed E-state index contributed by atoms with van der Waals surface area (Å²) < 4.78 is 0. The molecule has 2 heterocycles. The number of nitrogens with zero attached hydrogens (tertiary/aromatic N) is 2. The summed E-state index contributed by atoms with van der Waals surface area (Å²) in [5.74, 6) is 0.898. The first-order valence-corrected chi connectivity index (χ1v) is 10.6. The van der Waals surface area contributed by atoms with E-state index in [1.165, 1.54) is 18.4 Å². The molecule has 2 N–H and O–H groups in total. The van der Waals surface area contributed by atoms with Crippen molar-refractivity contribution in [3.63, 3.8) is 0 Å². The molecule has 0 radical (unpaired) electrons. The van der Waals surface area contributed by atoms with Gasteiger partial charge in [0.2, 0.25) is 0 Å². The lowest BCUT2D eigenvalue weighted by atomic mass is 9.88. The maximum absolute atomic E-state index is 12.5. The molecular weight excluding hydrogens is 338 g/mol. The molecule has 5 nitrogen and oxygen atoms in total. The number of hydrogen-bond donors (Lipinski definition) is 2. The number of piperidine rings is 2. The van der Waals surface area contributed by atoms with Crippen LogP contribution in [0, 0.1) is 11.8 Å². The molecule has 2 aliphatic rings. The molecule has 0 spiro atoms. The molecule has 1 atom stereocenters. The highest BCUT2D eigenvalue weighted by molar-refractivity contribution is 5.74. The van der Waals surface area contributed by atoms with Crippen molar-refractivity contribution in [2.24, 2.45) is 11.8 Å². The summed E-state index contributed by atoms with van der Waals surface area (Å²) >= 11 is 0. The number of aliphatic hydroxyl groups excluding tert-OH is 1. The molecule has 2 aliphatic heterocycles. The topological polar surface area (TPSA) is 55.8 Å². The van der Waals surface area contributed by atoms with Gasteiger partial charge in [-0.3, -0.25) is 0 Å². The van der Waals surface area contributed by atoms with E-state index in [1.807, 2.05) is 23.1 Å². The molecule has 2 saturated heterocycles. The molecule has 1 aromatic rings. The molecule has 2 amide bonds. The number of amides is 2. The number of likely N-dealkylation sites (tertiary alicyclic amines) is 2. The SMILES string of the molecule is CCN1CCC(CNC(=O)N2CCC([C@H](O)Cc3ccccc3)CC2)CC1. The number of carbonyl (C=O) groups excluding carboxylic acids is 1. The second kappa shape index (κ2) is 10.1. The lowest BCUT2D eigenvalue weighted by molar-refractivity contribution is 0.0668. The molecule has 0 saturated carbocycles. The normalized spacial score (nSPS) is 21.2. The van der Waals surface area contributed by atoms with Crippen LogP contribution >= 0.6 is 0 Å². The van der Waals surface area contributed by atoms with Gasteiger partial charge < -0.3 is 20.2 Å². The molecule has 3 rings (SSSR count). The van der Waals surface area contributed by atoms with Gasteiger partial charge in [0, 0.05) is 19.6 Å². The Morgan fingerprint density at radius 2 is 1.78 bits per heavy atom. The van der Waals surface area contributed by atoms with Gasteiger partial charge in [0.15, 0.2) is 0 Å². The maximum Gasteiger partial charge on any atom is 0.317 e. The molecule has 150 valence electrons. The molecule has 27 heavy (non-hydrogen) atoms.